The Hall–Kier alpha value is -2.00. The number of hydrogen-bond donors (Lipinski definition) is 2. The van der Waals surface area contributed by atoms with Crippen LogP contribution in [-0.2, 0) is 0 Å². The lowest BCUT2D eigenvalue weighted by atomic mass is 10.1. The molecule has 6 nitrogen and oxygen atoms in total. The molecule has 0 aliphatic rings. The lowest BCUT2D eigenvalue weighted by Gasteiger charge is -2.12. The zero-order chi connectivity index (χ0) is 16.1. The maximum absolute atomic E-state index is 12.0. The molecule has 0 saturated heterocycles. The summed E-state index contributed by atoms with van der Waals surface area (Å²) in [7, 11) is 0. The van der Waals surface area contributed by atoms with Crippen molar-refractivity contribution in [3.63, 3.8) is 0 Å². The number of hydrogen-bond acceptors (Lipinski definition) is 4. The first kappa shape index (κ1) is 16.4. The number of rotatable bonds is 5. The number of nitrogens with zero attached hydrogens (tertiary/aromatic N) is 1. The molecule has 0 spiro atoms. The summed E-state index contributed by atoms with van der Waals surface area (Å²) in [6.07, 6.45) is -0.924. The molecule has 0 aromatic heterocycles. The molecule has 114 valence electrons. The molecular formula is C15H13IN2O4. The summed E-state index contributed by atoms with van der Waals surface area (Å²) in [6.45, 7) is 0.0299. The van der Waals surface area contributed by atoms with Gasteiger partial charge in [0.05, 0.1) is 11.0 Å². The van der Waals surface area contributed by atoms with Crippen LogP contribution in [-0.4, -0.2) is 22.5 Å². The van der Waals surface area contributed by atoms with E-state index in [1.165, 1.54) is 24.3 Å². The van der Waals surface area contributed by atoms with Crippen molar-refractivity contribution in [2.75, 3.05) is 6.54 Å². The molecule has 0 radical (unpaired) electrons. The van der Waals surface area contributed by atoms with Gasteiger partial charge in [0.2, 0.25) is 0 Å². The minimum absolute atomic E-state index is 0.0299. The third kappa shape index (κ3) is 4.25. The highest BCUT2D eigenvalue weighted by Gasteiger charge is 2.12. The minimum atomic E-state index is -0.924. The smallest absolute Gasteiger partial charge is 0.269 e. The molecule has 0 bridgehead atoms. The summed E-state index contributed by atoms with van der Waals surface area (Å²) in [5.74, 6) is -0.278. The fourth-order valence-electron chi connectivity index (χ4n) is 1.86. The van der Waals surface area contributed by atoms with Crippen molar-refractivity contribution in [1.29, 1.82) is 0 Å². The average molecular weight is 412 g/mol. The molecule has 0 heterocycles. The van der Waals surface area contributed by atoms with Crippen LogP contribution in [0.3, 0.4) is 0 Å². The van der Waals surface area contributed by atoms with Crippen LogP contribution in [0.1, 0.15) is 22.0 Å². The van der Waals surface area contributed by atoms with E-state index in [0.29, 0.717) is 11.1 Å². The number of aliphatic hydroxyl groups excluding tert-OH is 1. The minimum Gasteiger partial charge on any atom is -0.387 e. The molecule has 0 unspecified atom stereocenters. The lowest BCUT2D eigenvalue weighted by molar-refractivity contribution is -0.384. The van der Waals surface area contributed by atoms with Gasteiger partial charge in [-0.1, -0.05) is 6.07 Å². The number of aliphatic hydroxyl groups is 1. The molecule has 0 aliphatic heterocycles. The molecule has 2 rings (SSSR count). The third-order valence-corrected chi connectivity index (χ3v) is 3.70. The molecular weight excluding hydrogens is 399 g/mol. The third-order valence-electron chi connectivity index (χ3n) is 3.03. The van der Waals surface area contributed by atoms with Crippen molar-refractivity contribution < 1.29 is 14.8 Å². The molecule has 2 aromatic rings. The highest BCUT2D eigenvalue weighted by Crippen LogP contribution is 2.17. The van der Waals surface area contributed by atoms with E-state index in [0.717, 1.165) is 3.57 Å². The number of amides is 1. The average Bonchev–Trinajstić information content (AvgIpc) is 2.52. The monoisotopic (exact) mass is 412 g/mol. The summed E-state index contributed by atoms with van der Waals surface area (Å²) in [5, 5.41) is 23.2. The van der Waals surface area contributed by atoms with Crippen LogP contribution in [0.25, 0.3) is 0 Å². The van der Waals surface area contributed by atoms with Crippen LogP contribution in [0.5, 0.6) is 0 Å². The first-order chi connectivity index (χ1) is 10.5. The Balaban J connectivity index is 1.96. The maximum Gasteiger partial charge on any atom is 0.269 e. The summed E-state index contributed by atoms with van der Waals surface area (Å²) in [4.78, 5) is 22.0. The Morgan fingerprint density at radius 3 is 2.55 bits per heavy atom. The second-order valence-electron chi connectivity index (χ2n) is 4.58. The number of nitro groups is 1. The highest BCUT2D eigenvalue weighted by atomic mass is 127. The maximum atomic E-state index is 12.0. The topological polar surface area (TPSA) is 92.5 Å². The van der Waals surface area contributed by atoms with Gasteiger partial charge >= 0.3 is 0 Å². The van der Waals surface area contributed by atoms with Gasteiger partial charge in [0.1, 0.15) is 0 Å². The molecule has 2 aromatic carbocycles. The fourth-order valence-corrected chi connectivity index (χ4v) is 2.40. The summed E-state index contributed by atoms with van der Waals surface area (Å²) < 4.78 is 0.946. The van der Waals surface area contributed by atoms with E-state index in [1.807, 2.05) is 6.07 Å². The molecule has 7 heteroatoms. The van der Waals surface area contributed by atoms with E-state index in [2.05, 4.69) is 27.9 Å². The Bertz CT molecular complexity index is 688. The van der Waals surface area contributed by atoms with Gasteiger partial charge in [-0.2, -0.15) is 0 Å². The normalized spacial score (nSPS) is 11.7. The first-order valence-electron chi connectivity index (χ1n) is 6.43. The van der Waals surface area contributed by atoms with Crippen molar-refractivity contribution in [2.45, 2.75) is 6.10 Å². The van der Waals surface area contributed by atoms with Gasteiger partial charge in [0.15, 0.2) is 0 Å². The first-order valence-corrected chi connectivity index (χ1v) is 7.51. The van der Waals surface area contributed by atoms with Crippen molar-refractivity contribution in [3.8, 4) is 0 Å². The second kappa shape index (κ2) is 7.32. The Labute approximate surface area is 140 Å². The Morgan fingerprint density at radius 2 is 1.95 bits per heavy atom. The van der Waals surface area contributed by atoms with E-state index in [1.54, 1.807) is 18.2 Å². The number of halogens is 1. The van der Waals surface area contributed by atoms with E-state index in [9.17, 15) is 20.0 Å². The quantitative estimate of drug-likeness (QED) is 0.449. The van der Waals surface area contributed by atoms with E-state index < -0.39 is 11.0 Å². The predicted molar refractivity (Wildman–Crippen MR) is 89.5 cm³/mol. The molecule has 0 saturated carbocycles. The standard InChI is InChI=1S/C15H13IN2O4/c16-12-3-1-2-11(8-12)15(20)17-9-14(19)10-4-6-13(7-5-10)18(21)22/h1-8,14,19H,9H2,(H,17,20)/t14-/m0/s1. The molecule has 2 N–H and O–H groups in total. The SMILES string of the molecule is O=C(NC[C@H](O)c1ccc([N+](=O)[O-])cc1)c1cccc(I)c1. The zero-order valence-electron chi connectivity index (χ0n) is 11.4. The van der Waals surface area contributed by atoms with Gasteiger partial charge in [-0.05, 0) is 58.5 Å². The van der Waals surface area contributed by atoms with E-state index in [4.69, 9.17) is 0 Å². The summed E-state index contributed by atoms with van der Waals surface area (Å²) in [6, 6.07) is 12.7. The predicted octanol–water partition coefficient (Wildman–Crippen LogP) is 2.66. The van der Waals surface area contributed by atoms with Crippen molar-refractivity contribution in [2.24, 2.45) is 0 Å². The van der Waals surface area contributed by atoms with Crippen LogP contribution < -0.4 is 5.32 Å². The van der Waals surface area contributed by atoms with E-state index >= 15 is 0 Å². The number of carbonyl (C=O) groups is 1. The fraction of sp³-hybridized carbons (Fsp3) is 0.133. The molecule has 1 amide bonds. The molecule has 22 heavy (non-hydrogen) atoms. The summed E-state index contributed by atoms with van der Waals surface area (Å²) in [5.41, 5.74) is 0.982. The Morgan fingerprint density at radius 1 is 1.27 bits per heavy atom. The van der Waals surface area contributed by atoms with Crippen molar-refractivity contribution in [1.82, 2.24) is 5.32 Å². The van der Waals surface area contributed by atoms with Crippen molar-refractivity contribution in [3.05, 3.63) is 73.3 Å². The van der Waals surface area contributed by atoms with Crippen LogP contribution in [0, 0.1) is 13.7 Å². The van der Waals surface area contributed by atoms with Gasteiger partial charge < -0.3 is 10.4 Å². The number of carbonyl (C=O) groups excluding carboxylic acids is 1. The molecule has 0 aliphatic carbocycles. The molecule has 0 fully saturated rings. The van der Waals surface area contributed by atoms with Gasteiger partial charge in [-0.3, -0.25) is 14.9 Å². The van der Waals surface area contributed by atoms with Crippen molar-refractivity contribution >= 4 is 34.2 Å². The number of non-ortho nitro benzene ring substituents is 1. The summed E-state index contributed by atoms with van der Waals surface area (Å²) >= 11 is 2.11. The largest absolute Gasteiger partial charge is 0.387 e. The van der Waals surface area contributed by atoms with Crippen LogP contribution >= 0.6 is 22.6 Å². The zero-order valence-corrected chi connectivity index (χ0v) is 13.6. The Kier molecular flexibility index (Phi) is 5.45. The lowest BCUT2D eigenvalue weighted by Crippen LogP contribution is -2.28. The second-order valence-corrected chi connectivity index (χ2v) is 5.83. The van der Waals surface area contributed by atoms with E-state index in [-0.39, 0.29) is 18.1 Å². The van der Waals surface area contributed by atoms with Crippen LogP contribution in [0.15, 0.2) is 48.5 Å². The highest BCUT2D eigenvalue weighted by molar-refractivity contribution is 14.1. The number of nitro benzene ring substituents is 1. The number of benzene rings is 2. The molecule has 1 atom stereocenters. The van der Waals surface area contributed by atoms with Gasteiger partial charge in [0.25, 0.3) is 11.6 Å². The number of nitrogens with one attached hydrogen (secondary N) is 1. The van der Waals surface area contributed by atoms with Gasteiger partial charge in [-0.15, -0.1) is 0 Å². The van der Waals surface area contributed by atoms with Gasteiger partial charge in [-0.25, -0.2) is 0 Å². The van der Waals surface area contributed by atoms with Crippen LogP contribution in [0.4, 0.5) is 5.69 Å². The van der Waals surface area contributed by atoms with Crippen LogP contribution in [0.2, 0.25) is 0 Å². The van der Waals surface area contributed by atoms with Gasteiger partial charge in [0, 0.05) is 27.8 Å².